The minimum absolute atomic E-state index is 0.0397. The fraction of sp³-hybridized carbons (Fsp3) is 0.944. The van der Waals surface area contributed by atoms with E-state index in [-0.39, 0.29) is 18.5 Å². The molecule has 0 spiro atoms. The smallest absolute Gasteiger partial charge is 0.305 e. The molecule has 0 saturated carbocycles. The van der Waals surface area contributed by atoms with Crippen LogP contribution in [-0.2, 0) is 19.1 Å². The molecule has 0 aromatic carbocycles. The highest BCUT2D eigenvalue weighted by molar-refractivity contribution is 5.69. The molecule has 0 aliphatic heterocycles. The zero-order valence-electron chi connectivity index (χ0n) is 28.2. The van der Waals surface area contributed by atoms with Gasteiger partial charge in [0.15, 0.2) is 0 Å². The summed E-state index contributed by atoms with van der Waals surface area (Å²) in [7, 11) is 0. The van der Waals surface area contributed by atoms with Gasteiger partial charge in [0, 0.05) is 19.4 Å². The Balaban J connectivity index is 3.56. The van der Waals surface area contributed by atoms with Crippen LogP contribution in [0.1, 0.15) is 181 Å². The average molecular weight is 598 g/mol. The molecule has 6 nitrogen and oxygen atoms in total. The summed E-state index contributed by atoms with van der Waals surface area (Å²) in [6, 6.07) is 0. The highest BCUT2D eigenvalue weighted by atomic mass is 16.5. The molecule has 6 heteroatoms. The number of nitrogens with zero attached hydrogens (tertiary/aromatic N) is 1. The first-order valence-corrected chi connectivity index (χ1v) is 18.3. The topological polar surface area (TPSA) is 76.1 Å². The summed E-state index contributed by atoms with van der Waals surface area (Å²) >= 11 is 0. The van der Waals surface area contributed by atoms with Crippen molar-refractivity contribution in [3.05, 3.63) is 0 Å². The van der Waals surface area contributed by atoms with Gasteiger partial charge in [-0.1, -0.05) is 129 Å². The lowest BCUT2D eigenvalue weighted by molar-refractivity contribution is -0.144. The third-order valence-electron chi connectivity index (χ3n) is 8.15. The van der Waals surface area contributed by atoms with Crippen molar-refractivity contribution in [2.45, 2.75) is 181 Å². The van der Waals surface area contributed by atoms with Crippen LogP contribution in [0.25, 0.3) is 0 Å². The Morgan fingerprint density at radius 3 is 1.19 bits per heavy atom. The number of ether oxygens (including phenoxy) is 2. The van der Waals surface area contributed by atoms with Crippen LogP contribution in [0.2, 0.25) is 0 Å². The molecule has 0 bridgehead atoms. The number of carbonyl (C=O) groups is 2. The second-order valence-electron chi connectivity index (χ2n) is 12.3. The lowest BCUT2D eigenvalue weighted by Crippen LogP contribution is -2.29. The van der Waals surface area contributed by atoms with E-state index in [0.29, 0.717) is 32.6 Å². The van der Waals surface area contributed by atoms with E-state index in [1.54, 1.807) is 0 Å². The number of unbranched alkanes of at least 4 members (excludes halogenated alkanes) is 20. The maximum atomic E-state index is 12.0. The SMILES string of the molecule is CCCCCCCCCCCOC(=O)CCCCCN(CCO)CCCCCCCC(=O)OCCCCCCCCC. The van der Waals surface area contributed by atoms with Gasteiger partial charge in [0.2, 0.25) is 0 Å². The molecule has 0 rings (SSSR count). The molecule has 42 heavy (non-hydrogen) atoms. The van der Waals surface area contributed by atoms with Gasteiger partial charge in [-0.05, 0) is 51.6 Å². The molecule has 0 atom stereocenters. The lowest BCUT2D eigenvalue weighted by atomic mass is 10.1. The summed E-state index contributed by atoms with van der Waals surface area (Å²) in [5.74, 6) is -0.0922. The van der Waals surface area contributed by atoms with E-state index in [0.717, 1.165) is 83.7 Å². The van der Waals surface area contributed by atoms with E-state index in [1.807, 2.05) is 0 Å². The van der Waals surface area contributed by atoms with Gasteiger partial charge < -0.3 is 19.5 Å². The Morgan fingerprint density at radius 2 is 0.786 bits per heavy atom. The Morgan fingerprint density at radius 1 is 0.452 bits per heavy atom. The molecule has 1 N–H and O–H groups in total. The maximum absolute atomic E-state index is 12.0. The molecule has 0 amide bonds. The first-order valence-electron chi connectivity index (χ1n) is 18.3. The second kappa shape index (κ2) is 34.4. The van der Waals surface area contributed by atoms with Crippen LogP contribution < -0.4 is 0 Å². The standard InChI is InChI=1S/C36H71NO5/c1-3-5-7-9-11-12-14-19-26-34-42-36(40)28-22-20-24-30-37(31-32-38)29-23-17-15-16-21-27-35(39)41-33-25-18-13-10-8-6-4-2/h38H,3-34H2,1-2H3. The maximum Gasteiger partial charge on any atom is 0.305 e. The second-order valence-corrected chi connectivity index (χ2v) is 12.3. The summed E-state index contributed by atoms with van der Waals surface area (Å²) in [5.41, 5.74) is 0. The van der Waals surface area contributed by atoms with E-state index in [9.17, 15) is 14.7 Å². The molecule has 0 unspecified atom stereocenters. The molecule has 0 fully saturated rings. The van der Waals surface area contributed by atoms with Gasteiger partial charge in [0.25, 0.3) is 0 Å². The van der Waals surface area contributed by atoms with Crippen molar-refractivity contribution in [3.8, 4) is 0 Å². The molecule has 0 aliphatic rings. The van der Waals surface area contributed by atoms with E-state index < -0.39 is 0 Å². The Bertz CT molecular complexity index is 571. The van der Waals surface area contributed by atoms with Crippen molar-refractivity contribution in [2.75, 3.05) is 39.5 Å². The Hall–Kier alpha value is -1.14. The molecule has 0 heterocycles. The molecular weight excluding hydrogens is 526 g/mol. The monoisotopic (exact) mass is 598 g/mol. The first-order chi connectivity index (χ1) is 20.6. The van der Waals surface area contributed by atoms with Crippen LogP contribution in [0.15, 0.2) is 0 Å². The van der Waals surface area contributed by atoms with Crippen LogP contribution in [0.4, 0.5) is 0 Å². The van der Waals surface area contributed by atoms with Crippen molar-refractivity contribution < 1.29 is 24.2 Å². The predicted octanol–water partition coefficient (Wildman–Crippen LogP) is 9.55. The number of aliphatic hydroxyl groups excluding tert-OH is 1. The van der Waals surface area contributed by atoms with Gasteiger partial charge in [-0.15, -0.1) is 0 Å². The lowest BCUT2D eigenvalue weighted by Gasteiger charge is -2.21. The van der Waals surface area contributed by atoms with E-state index in [1.165, 1.54) is 83.5 Å². The van der Waals surface area contributed by atoms with Gasteiger partial charge in [0.05, 0.1) is 19.8 Å². The molecule has 0 radical (unpaired) electrons. The van der Waals surface area contributed by atoms with Crippen molar-refractivity contribution in [2.24, 2.45) is 0 Å². The van der Waals surface area contributed by atoms with Crippen LogP contribution in [0.3, 0.4) is 0 Å². The van der Waals surface area contributed by atoms with Crippen molar-refractivity contribution in [1.29, 1.82) is 0 Å². The quantitative estimate of drug-likeness (QED) is 0.0588. The molecule has 250 valence electrons. The highest BCUT2D eigenvalue weighted by Crippen LogP contribution is 2.12. The van der Waals surface area contributed by atoms with Gasteiger partial charge in [-0.25, -0.2) is 0 Å². The van der Waals surface area contributed by atoms with Gasteiger partial charge in [-0.3, -0.25) is 9.59 Å². The summed E-state index contributed by atoms with van der Waals surface area (Å²) < 4.78 is 10.8. The van der Waals surface area contributed by atoms with Crippen LogP contribution in [0, 0.1) is 0 Å². The van der Waals surface area contributed by atoms with Crippen molar-refractivity contribution >= 4 is 11.9 Å². The van der Waals surface area contributed by atoms with E-state index in [4.69, 9.17) is 9.47 Å². The van der Waals surface area contributed by atoms with Crippen LogP contribution >= 0.6 is 0 Å². The largest absolute Gasteiger partial charge is 0.466 e. The Kier molecular flexibility index (Phi) is 33.4. The third-order valence-corrected chi connectivity index (χ3v) is 8.15. The van der Waals surface area contributed by atoms with Crippen LogP contribution in [0.5, 0.6) is 0 Å². The summed E-state index contributed by atoms with van der Waals surface area (Å²) in [6.07, 6.45) is 29.5. The van der Waals surface area contributed by atoms with Gasteiger partial charge >= 0.3 is 11.9 Å². The first kappa shape index (κ1) is 40.9. The molecule has 0 aromatic heterocycles. The zero-order valence-corrected chi connectivity index (χ0v) is 28.2. The Labute approximate surface area is 261 Å². The average Bonchev–Trinajstić information content (AvgIpc) is 2.98. The number of rotatable bonds is 34. The van der Waals surface area contributed by atoms with Gasteiger partial charge in [-0.2, -0.15) is 0 Å². The molecule has 0 aliphatic carbocycles. The summed E-state index contributed by atoms with van der Waals surface area (Å²) in [4.78, 5) is 26.2. The normalized spacial score (nSPS) is 11.3. The summed E-state index contributed by atoms with van der Waals surface area (Å²) in [6.45, 7) is 8.51. The minimum Gasteiger partial charge on any atom is -0.466 e. The molecule has 0 aromatic rings. The fourth-order valence-corrected chi connectivity index (χ4v) is 5.38. The van der Waals surface area contributed by atoms with Crippen molar-refractivity contribution in [3.63, 3.8) is 0 Å². The fourth-order valence-electron chi connectivity index (χ4n) is 5.38. The van der Waals surface area contributed by atoms with Crippen molar-refractivity contribution in [1.82, 2.24) is 4.90 Å². The van der Waals surface area contributed by atoms with Crippen LogP contribution in [-0.4, -0.2) is 61.4 Å². The number of carbonyl (C=O) groups excluding carboxylic acids is 2. The number of hydrogen-bond acceptors (Lipinski definition) is 6. The van der Waals surface area contributed by atoms with E-state index in [2.05, 4.69) is 18.7 Å². The number of esters is 2. The zero-order chi connectivity index (χ0) is 30.8. The van der Waals surface area contributed by atoms with Gasteiger partial charge in [0.1, 0.15) is 0 Å². The summed E-state index contributed by atoms with van der Waals surface area (Å²) in [5, 5.41) is 9.42. The predicted molar refractivity (Wildman–Crippen MR) is 177 cm³/mol. The molecular formula is C36H71NO5. The minimum atomic E-state index is -0.0526. The van der Waals surface area contributed by atoms with E-state index >= 15 is 0 Å². The highest BCUT2D eigenvalue weighted by Gasteiger charge is 2.07. The number of aliphatic hydroxyl groups is 1. The molecule has 0 saturated heterocycles. The third kappa shape index (κ3) is 31.8. The number of hydrogen-bond donors (Lipinski definition) is 1.